The Kier molecular flexibility index (Phi) is 5.26. The lowest BCUT2D eigenvalue weighted by Gasteiger charge is -2.32. The highest BCUT2D eigenvalue weighted by atomic mass is 35.5. The Labute approximate surface area is 103 Å². The average Bonchev–Trinajstić information content (AvgIpc) is 2.31. The van der Waals surface area contributed by atoms with Gasteiger partial charge in [0.2, 0.25) is 0 Å². The molecule has 16 heavy (non-hydrogen) atoms. The lowest BCUT2D eigenvalue weighted by atomic mass is 10.0. The molecular formula is C13H21ClN2. The van der Waals surface area contributed by atoms with Crippen LogP contribution in [0, 0.1) is 0 Å². The van der Waals surface area contributed by atoms with Crippen LogP contribution in [0.25, 0.3) is 0 Å². The number of nitrogens with two attached hydrogens (primary N) is 1. The average molecular weight is 241 g/mol. The summed E-state index contributed by atoms with van der Waals surface area (Å²) in [5, 5.41) is 0.769. The van der Waals surface area contributed by atoms with Crippen LogP contribution < -0.4 is 5.73 Å². The van der Waals surface area contributed by atoms with Gasteiger partial charge < -0.3 is 5.73 Å². The fourth-order valence-electron chi connectivity index (χ4n) is 1.82. The molecule has 90 valence electrons. The second-order valence-electron chi connectivity index (χ2n) is 4.23. The standard InChI is InChI=1S/C13H21ClN2/c1-4-10(2)16(3)13(9-15)11-5-7-12(14)8-6-11/h5-8,10,13H,4,9,15H2,1-3H3. The van der Waals surface area contributed by atoms with Gasteiger partial charge >= 0.3 is 0 Å². The van der Waals surface area contributed by atoms with Gasteiger partial charge in [0.25, 0.3) is 0 Å². The largest absolute Gasteiger partial charge is 0.329 e. The second kappa shape index (κ2) is 6.24. The van der Waals surface area contributed by atoms with E-state index in [2.05, 4.69) is 37.9 Å². The molecule has 0 spiro atoms. The summed E-state index contributed by atoms with van der Waals surface area (Å²) in [6.45, 7) is 5.04. The summed E-state index contributed by atoms with van der Waals surface area (Å²) < 4.78 is 0. The van der Waals surface area contributed by atoms with Crippen LogP contribution >= 0.6 is 11.6 Å². The molecule has 0 bridgehead atoms. The molecule has 2 N–H and O–H groups in total. The molecule has 1 rings (SSSR count). The Bertz CT molecular complexity index is 310. The molecule has 0 aliphatic carbocycles. The topological polar surface area (TPSA) is 29.3 Å². The third kappa shape index (κ3) is 3.21. The summed E-state index contributed by atoms with van der Waals surface area (Å²) in [6, 6.07) is 8.75. The van der Waals surface area contributed by atoms with Crippen molar-refractivity contribution in [2.75, 3.05) is 13.6 Å². The minimum atomic E-state index is 0.271. The van der Waals surface area contributed by atoms with Crippen molar-refractivity contribution in [1.82, 2.24) is 4.90 Å². The van der Waals surface area contributed by atoms with Crippen LogP contribution in [0.1, 0.15) is 31.9 Å². The first-order valence-corrected chi connectivity index (χ1v) is 6.15. The van der Waals surface area contributed by atoms with Crippen molar-refractivity contribution >= 4 is 11.6 Å². The number of hydrogen-bond donors (Lipinski definition) is 1. The Hall–Kier alpha value is -0.570. The third-order valence-electron chi connectivity index (χ3n) is 3.26. The van der Waals surface area contributed by atoms with E-state index in [0.29, 0.717) is 12.6 Å². The van der Waals surface area contributed by atoms with Crippen LogP contribution in [0.2, 0.25) is 5.02 Å². The highest BCUT2D eigenvalue weighted by molar-refractivity contribution is 6.30. The van der Waals surface area contributed by atoms with Gasteiger partial charge in [0.15, 0.2) is 0 Å². The number of likely N-dealkylation sites (N-methyl/N-ethyl adjacent to an activating group) is 1. The van der Waals surface area contributed by atoms with Crippen molar-refractivity contribution < 1.29 is 0 Å². The predicted octanol–water partition coefficient (Wildman–Crippen LogP) is 3.07. The maximum atomic E-state index is 5.88. The Balaban J connectivity index is 2.85. The van der Waals surface area contributed by atoms with Crippen LogP contribution in [-0.2, 0) is 0 Å². The number of rotatable bonds is 5. The molecule has 3 heteroatoms. The van der Waals surface area contributed by atoms with Gasteiger partial charge in [0.1, 0.15) is 0 Å². The molecule has 0 fully saturated rings. The Morgan fingerprint density at radius 1 is 1.31 bits per heavy atom. The van der Waals surface area contributed by atoms with E-state index in [9.17, 15) is 0 Å². The van der Waals surface area contributed by atoms with E-state index in [1.807, 2.05) is 12.1 Å². The van der Waals surface area contributed by atoms with Gasteiger partial charge in [-0.1, -0.05) is 30.7 Å². The molecular weight excluding hydrogens is 220 g/mol. The van der Waals surface area contributed by atoms with E-state index < -0.39 is 0 Å². The van der Waals surface area contributed by atoms with E-state index >= 15 is 0 Å². The van der Waals surface area contributed by atoms with Crippen molar-refractivity contribution in [1.29, 1.82) is 0 Å². The molecule has 2 unspecified atom stereocenters. The quantitative estimate of drug-likeness (QED) is 0.857. The zero-order valence-corrected chi connectivity index (χ0v) is 11.0. The number of halogens is 1. The zero-order valence-electron chi connectivity index (χ0n) is 10.3. The molecule has 2 atom stereocenters. The van der Waals surface area contributed by atoms with Crippen LogP contribution in [0.15, 0.2) is 24.3 Å². The molecule has 1 aromatic carbocycles. The van der Waals surface area contributed by atoms with E-state index in [0.717, 1.165) is 11.4 Å². The van der Waals surface area contributed by atoms with E-state index in [1.54, 1.807) is 0 Å². The third-order valence-corrected chi connectivity index (χ3v) is 3.51. The molecule has 0 saturated heterocycles. The van der Waals surface area contributed by atoms with Crippen molar-refractivity contribution in [3.8, 4) is 0 Å². The van der Waals surface area contributed by atoms with Gasteiger partial charge in [-0.25, -0.2) is 0 Å². The monoisotopic (exact) mass is 240 g/mol. The smallest absolute Gasteiger partial charge is 0.0470 e. The molecule has 0 radical (unpaired) electrons. The minimum absolute atomic E-state index is 0.271. The zero-order chi connectivity index (χ0) is 12.1. The van der Waals surface area contributed by atoms with Crippen molar-refractivity contribution in [3.05, 3.63) is 34.9 Å². The van der Waals surface area contributed by atoms with Crippen molar-refractivity contribution in [3.63, 3.8) is 0 Å². The lowest BCUT2D eigenvalue weighted by molar-refractivity contribution is 0.184. The maximum absolute atomic E-state index is 5.88. The first-order chi connectivity index (χ1) is 7.60. The van der Waals surface area contributed by atoms with Gasteiger partial charge in [-0.3, -0.25) is 4.90 Å². The maximum Gasteiger partial charge on any atom is 0.0470 e. The van der Waals surface area contributed by atoms with Crippen LogP contribution in [0.5, 0.6) is 0 Å². The van der Waals surface area contributed by atoms with Gasteiger partial charge in [-0.2, -0.15) is 0 Å². The van der Waals surface area contributed by atoms with E-state index in [4.69, 9.17) is 17.3 Å². The van der Waals surface area contributed by atoms with Crippen molar-refractivity contribution in [2.24, 2.45) is 5.73 Å². The molecule has 0 amide bonds. The van der Waals surface area contributed by atoms with Crippen molar-refractivity contribution in [2.45, 2.75) is 32.4 Å². The van der Waals surface area contributed by atoms with Gasteiger partial charge in [-0.15, -0.1) is 0 Å². The summed E-state index contributed by atoms with van der Waals surface area (Å²) in [5.41, 5.74) is 7.09. The van der Waals surface area contributed by atoms with Crippen LogP contribution in [0.4, 0.5) is 0 Å². The highest BCUT2D eigenvalue weighted by Gasteiger charge is 2.18. The predicted molar refractivity (Wildman–Crippen MR) is 70.8 cm³/mol. The summed E-state index contributed by atoms with van der Waals surface area (Å²) in [5.74, 6) is 0. The molecule has 0 heterocycles. The first-order valence-electron chi connectivity index (χ1n) is 5.77. The summed E-state index contributed by atoms with van der Waals surface area (Å²) >= 11 is 5.88. The van der Waals surface area contributed by atoms with Gasteiger partial charge in [0, 0.05) is 23.7 Å². The summed E-state index contributed by atoms with van der Waals surface area (Å²) in [4.78, 5) is 2.32. The van der Waals surface area contributed by atoms with Crippen LogP contribution in [0.3, 0.4) is 0 Å². The second-order valence-corrected chi connectivity index (χ2v) is 4.66. The Morgan fingerprint density at radius 3 is 2.31 bits per heavy atom. The fourth-order valence-corrected chi connectivity index (χ4v) is 1.94. The number of benzene rings is 1. The number of hydrogen-bond acceptors (Lipinski definition) is 2. The molecule has 0 aromatic heterocycles. The SMILES string of the molecule is CCC(C)N(C)C(CN)c1ccc(Cl)cc1. The molecule has 2 nitrogen and oxygen atoms in total. The highest BCUT2D eigenvalue weighted by Crippen LogP contribution is 2.22. The fraction of sp³-hybridized carbons (Fsp3) is 0.538. The summed E-state index contributed by atoms with van der Waals surface area (Å²) in [6.07, 6.45) is 1.13. The Morgan fingerprint density at radius 2 is 1.88 bits per heavy atom. The lowest BCUT2D eigenvalue weighted by Crippen LogP contribution is -2.36. The normalized spacial score (nSPS) is 15.1. The van der Waals surface area contributed by atoms with Gasteiger partial charge in [-0.05, 0) is 38.1 Å². The van der Waals surface area contributed by atoms with Gasteiger partial charge in [0.05, 0.1) is 0 Å². The molecule has 0 aliphatic rings. The van der Waals surface area contributed by atoms with E-state index in [-0.39, 0.29) is 6.04 Å². The molecule has 0 aliphatic heterocycles. The molecule has 0 saturated carbocycles. The first kappa shape index (κ1) is 13.5. The van der Waals surface area contributed by atoms with Crippen LogP contribution in [-0.4, -0.2) is 24.5 Å². The minimum Gasteiger partial charge on any atom is -0.329 e. The summed E-state index contributed by atoms with van der Waals surface area (Å²) in [7, 11) is 2.13. The van der Waals surface area contributed by atoms with E-state index in [1.165, 1.54) is 5.56 Å². The number of nitrogens with zero attached hydrogens (tertiary/aromatic N) is 1. The molecule has 1 aromatic rings.